The van der Waals surface area contributed by atoms with Crippen LogP contribution in [-0.4, -0.2) is 74.4 Å². The van der Waals surface area contributed by atoms with E-state index in [0.717, 1.165) is 36.9 Å². The van der Waals surface area contributed by atoms with Gasteiger partial charge in [-0.1, -0.05) is 42.5 Å². The Morgan fingerprint density at radius 2 is 1.67 bits per heavy atom. The number of methoxy groups -OCH3 is 2. The standard InChI is InChI=1S/C25H34N2O3/c1-26(25(28)15-19-11-8-10-18-9-4-5-12-20(18)19)21-16-23(29-2)24(30-3)17-22(21)27-13-6-7-14-27/h4-5,8-12,21-24H,6-7,13-17H2,1-3H3. The summed E-state index contributed by atoms with van der Waals surface area (Å²) in [5.74, 6) is 0.172. The van der Waals surface area contributed by atoms with Crippen molar-refractivity contribution in [2.75, 3.05) is 34.4 Å². The first-order chi connectivity index (χ1) is 14.6. The molecule has 0 N–H and O–H groups in total. The van der Waals surface area contributed by atoms with Gasteiger partial charge in [-0.15, -0.1) is 0 Å². The van der Waals surface area contributed by atoms with Gasteiger partial charge in [0.05, 0.1) is 18.6 Å². The largest absolute Gasteiger partial charge is 0.379 e. The van der Waals surface area contributed by atoms with Gasteiger partial charge >= 0.3 is 0 Å². The molecule has 0 spiro atoms. The minimum absolute atomic E-state index is 0.0201. The Balaban J connectivity index is 1.55. The minimum Gasteiger partial charge on any atom is -0.379 e. The second-order valence-corrected chi connectivity index (χ2v) is 8.72. The zero-order valence-electron chi connectivity index (χ0n) is 18.4. The molecule has 0 aromatic heterocycles. The monoisotopic (exact) mass is 410 g/mol. The van der Waals surface area contributed by atoms with E-state index in [2.05, 4.69) is 29.2 Å². The van der Waals surface area contributed by atoms with Crippen LogP contribution in [0.4, 0.5) is 0 Å². The van der Waals surface area contributed by atoms with Crippen molar-refractivity contribution >= 4 is 16.7 Å². The van der Waals surface area contributed by atoms with Gasteiger partial charge < -0.3 is 14.4 Å². The summed E-state index contributed by atoms with van der Waals surface area (Å²) in [6.45, 7) is 2.22. The van der Waals surface area contributed by atoms with Crippen LogP contribution in [0, 0.1) is 0 Å². The van der Waals surface area contributed by atoms with E-state index >= 15 is 0 Å². The second kappa shape index (κ2) is 9.46. The Morgan fingerprint density at radius 1 is 1.00 bits per heavy atom. The number of rotatable bonds is 6. The number of fused-ring (bicyclic) bond motifs is 1. The molecule has 0 radical (unpaired) electrons. The lowest BCUT2D eigenvalue weighted by molar-refractivity contribution is -0.140. The van der Waals surface area contributed by atoms with Gasteiger partial charge in [0.2, 0.25) is 5.91 Å². The molecule has 2 fully saturated rings. The summed E-state index contributed by atoms with van der Waals surface area (Å²) >= 11 is 0. The van der Waals surface area contributed by atoms with Gasteiger partial charge in [0, 0.05) is 33.4 Å². The second-order valence-electron chi connectivity index (χ2n) is 8.72. The molecule has 5 nitrogen and oxygen atoms in total. The topological polar surface area (TPSA) is 42.0 Å². The number of amides is 1. The SMILES string of the molecule is COC1CC(N2CCCC2)C(N(C)C(=O)Cc2cccc3ccccc23)CC1OC. The third-order valence-corrected chi connectivity index (χ3v) is 7.13. The van der Waals surface area contributed by atoms with Crippen molar-refractivity contribution in [3.8, 4) is 0 Å². The Hall–Kier alpha value is -1.95. The van der Waals surface area contributed by atoms with Gasteiger partial charge in [-0.05, 0) is 55.1 Å². The fourth-order valence-corrected chi connectivity index (χ4v) is 5.39. The predicted octanol–water partition coefficient (Wildman–Crippen LogP) is 3.50. The molecule has 1 saturated heterocycles. The minimum atomic E-state index is 0.0201. The number of hydrogen-bond donors (Lipinski definition) is 0. The van der Waals surface area contributed by atoms with Crippen molar-refractivity contribution in [2.24, 2.45) is 0 Å². The van der Waals surface area contributed by atoms with E-state index in [1.807, 2.05) is 30.1 Å². The Kier molecular flexibility index (Phi) is 6.71. The van der Waals surface area contributed by atoms with Crippen molar-refractivity contribution < 1.29 is 14.3 Å². The van der Waals surface area contributed by atoms with Crippen LogP contribution in [0.3, 0.4) is 0 Å². The first-order valence-electron chi connectivity index (χ1n) is 11.1. The maximum Gasteiger partial charge on any atom is 0.227 e. The van der Waals surface area contributed by atoms with E-state index in [9.17, 15) is 4.79 Å². The summed E-state index contributed by atoms with van der Waals surface area (Å²) in [4.78, 5) is 17.9. The summed E-state index contributed by atoms with van der Waals surface area (Å²) in [7, 11) is 5.50. The summed E-state index contributed by atoms with van der Waals surface area (Å²) < 4.78 is 11.5. The van der Waals surface area contributed by atoms with Crippen LogP contribution in [0.5, 0.6) is 0 Å². The zero-order valence-corrected chi connectivity index (χ0v) is 18.4. The molecule has 162 valence electrons. The van der Waals surface area contributed by atoms with E-state index in [1.54, 1.807) is 14.2 Å². The third-order valence-electron chi connectivity index (χ3n) is 7.13. The predicted molar refractivity (Wildman–Crippen MR) is 120 cm³/mol. The van der Waals surface area contributed by atoms with E-state index in [0.29, 0.717) is 12.5 Å². The molecular weight excluding hydrogens is 376 g/mol. The maximum absolute atomic E-state index is 13.4. The van der Waals surface area contributed by atoms with Gasteiger partial charge in [0.1, 0.15) is 0 Å². The average molecular weight is 411 g/mol. The molecule has 1 amide bonds. The Bertz CT molecular complexity index is 859. The normalized spacial score (nSPS) is 27.4. The Labute approximate surface area is 179 Å². The fourth-order valence-electron chi connectivity index (χ4n) is 5.39. The highest BCUT2D eigenvalue weighted by Gasteiger charge is 2.43. The molecule has 4 rings (SSSR count). The van der Waals surface area contributed by atoms with E-state index in [4.69, 9.17) is 9.47 Å². The van der Waals surface area contributed by atoms with Gasteiger partial charge in [-0.3, -0.25) is 9.69 Å². The smallest absolute Gasteiger partial charge is 0.227 e. The van der Waals surface area contributed by atoms with Crippen molar-refractivity contribution in [3.63, 3.8) is 0 Å². The van der Waals surface area contributed by atoms with Gasteiger partial charge in [0.25, 0.3) is 0 Å². The number of likely N-dealkylation sites (tertiary alicyclic amines) is 1. The molecule has 4 unspecified atom stereocenters. The quantitative estimate of drug-likeness (QED) is 0.731. The molecule has 5 heteroatoms. The molecule has 2 aromatic carbocycles. The van der Waals surface area contributed by atoms with Gasteiger partial charge in [-0.2, -0.15) is 0 Å². The average Bonchev–Trinajstić information content (AvgIpc) is 3.32. The maximum atomic E-state index is 13.4. The van der Waals surface area contributed by atoms with Crippen LogP contribution in [-0.2, 0) is 20.7 Å². The molecule has 2 aliphatic rings. The first-order valence-corrected chi connectivity index (χ1v) is 11.1. The lowest BCUT2D eigenvalue weighted by atomic mass is 9.84. The van der Waals surface area contributed by atoms with E-state index < -0.39 is 0 Å². The number of hydrogen-bond acceptors (Lipinski definition) is 4. The molecule has 1 heterocycles. The molecule has 1 aliphatic heterocycles. The van der Waals surface area contributed by atoms with Crippen molar-refractivity contribution in [1.82, 2.24) is 9.80 Å². The van der Waals surface area contributed by atoms with E-state index in [-0.39, 0.29) is 24.2 Å². The lowest BCUT2D eigenvalue weighted by Crippen LogP contribution is -2.59. The zero-order chi connectivity index (χ0) is 21.1. The van der Waals surface area contributed by atoms with Gasteiger partial charge in [-0.25, -0.2) is 0 Å². The van der Waals surface area contributed by atoms with Crippen molar-refractivity contribution in [1.29, 1.82) is 0 Å². The highest BCUT2D eigenvalue weighted by atomic mass is 16.5. The van der Waals surface area contributed by atoms with Crippen molar-refractivity contribution in [3.05, 3.63) is 48.0 Å². The highest BCUT2D eigenvalue weighted by Crippen LogP contribution is 2.32. The van der Waals surface area contributed by atoms with Crippen LogP contribution < -0.4 is 0 Å². The van der Waals surface area contributed by atoms with E-state index in [1.165, 1.54) is 18.2 Å². The number of likely N-dealkylation sites (N-methyl/N-ethyl adjacent to an activating group) is 1. The first kappa shape index (κ1) is 21.3. The molecule has 1 saturated carbocycles. The Morgan fingerprint density at radius 3 is 2.40 bits per heavy atom. The molecule has 2 aromatic rings. The highest BCUT2D eigenvalue weighted by molar-refractivity contribution is 5.90. The van der Waals surface area contributed by atoms with Gasteiger partial charge in [0.15, 0.2) is 0 Å². The number of benzene rings is 2. The molecular formula is C25H34N2O3. The summed E-state index contributed by atoms with van der Waals surface area (Å²) in [5.41, 5.74) is 1.09. The molecule has 0 bridgehead atoms. The van der Waals surface area contributed by atoms with Crippen LogP contribution in [0.15, 0.2) is 42.5 Å². The van der Waals surface area contributed by atoms with Crippen LogP contribution >= 0.6 is 0 Å². The molecule has 30 heavy (non-hydrogen) atoms. The third kappa shape index (κ3) is 4.25. The fraction of sp³-hybridized carbons (Fsp3) is 0.560. The number of ether oxygens (including phenoxy) is 2. The summed E-state index contributed by atoms with van der Waals surface area (Å²) in [5, 5.41) is 2.34. The van der Waals surface area contributed by atoms with Crippen LogP contribution in [0.25, 0.3) is 10.8 Å². The van der Waals surface area contributed by atoms with Crippen LogP contribution in [0.2, 0.25) is 0 Å². The summed E-state index contributed by atoms with van der Waals surface area (Å²) in [6.07, 6.45) is 4.72. The summed E-state index contributed by atoms with van der Waals surface area (Å²) in [6, 6.07) is 15.0. The molecule has 4 atom stereocenters. The van der Waals surface area contributed by atoms with Crippen LogP contribution in [0.1, 0.15) is 31.2 Å². The number of nitrogens with zero attached hydrogens (tertiary/aromatic N) is 2. The number of carbonyl (C=O) groups is 1. The lowest BCUT2D eigenvalue weighted by Gasteiger charge is -2.47. The molecule has 1 aliphatic carbocycles. The number of carbonyl (C=O) groups excluding carboxylic acids is 1. The van der Waals surface area contributed by atoms with Crippen molar-refractivity contribution in [2.45, 2.75) is 56.4 Å².